The molecule has 0 fully saturated rings. The van der Waals surface area contributed by atoms with Gasteiger partial charge in [-0.2, -0.15) is 0 Å². The van der Waals surface area contributed by atoms with Gasteiger partial charge in [-0.15, -0.1) is 0 Å². The first kappa shape index (κ1) is 13.9. The molecule has 0 saturated carbocycles. The molecule has 0 atom stereocenters. The first-order valence-corrected chi connectivity index (χ1v) is 5.26. The van der Waals surface area contributed by atoms with E-state index < -0.39 is 34.3 Å². The van der Waals surface area contributed by atoms with Crippen molar-refractivity contribution in [2.75, 3.05) is 0 Å². The van der Waals surface area contributed by atoms with Gasteiger partial charge in [-0.1, -0.05) is 0 Å². The van der Waals surface area contributed by atoms with Crippen molar-refractivity contribution in [1.82, 2.24) is 0 Å². The molecule has 9 nitrogen and oxygen atoms in total. The molecule has 0 amide bonds. The first-order valence-electron chi connectivity index (χ1n) is 3.41. The molecule has 0 bridgehead atoms. The van der Waals surface area contributed by atoms with Crippen molar-refractivity contribution in [3.8, 4) is 0 Å². The molecule has 0 heterocycles. The first-order chi connectivity index (χ1) is 6.25. The standard InChI is InChI=1S/C4H12O9Si/c5-2(6)12-4(9,1-14(10)11)13-3(7)8/h2-3,5-11,14H,1H2. The highest BCUT2D eigenvalue weighted by Gasteiger charge is 2.37. The molecule has 0 aliphatic carbocycles. The Bertz CT molecular complexity index is 132. The van der Waals surface area contributed by atoms with Crippen molar-refractivity contribution in [3.05, 3.63) is 0 Å². The summed E-state index contributed by atoms with van der Waals surface area (Å²) >= 11 is 0. The van der Waals surface area contributed by atoms with Crippen LogP contribution in [0.15, 0.2) is 0 Å². The molecule has 0 radical (unpaired) electrons. The van der Waals surface area contributed by atoms with E-state index in [1.807, 2.05) is 0 Å². The largest absolute Gasteiger partial charge is 0.413 e. The van der Waals surface area contributed by atoms with E-state index in [2.05, 4.69) is 9.47 Å². The minimum Gasteiger partial charge on any atom is -0.413 e. The van der Waals surface area contributed by atoms with Gasteiger partial charge in [0, 0.05) is 0 Å². The summed E-state index contributed by atoms with van der Waals surface area (Å²) in [6, 6.07) is -0.901. The fraction of sp³-hybridized carbons (Fsp3) is 1.00. The van der Waals surface area contributed by atoms with Gasteiger partial charge in [0.25, 0.3) is 18.9 Å². The zero-order valence-electron chi connectivity index (χ0n) is 6.89. The van der Waals surface area contributed by atoms with Gasteiger partial charge in [0.1, 0.15) is 0 Å². The van der Waals surface area contributed by atoms with Crippen LogP contribution in [-0.2, 0) is 9.47 Å². The van der Waals surface area contributed by atoms with Gasteiger partial charge in [-0.3, -0.25) is 9.47 Å². The highest BCUT2D eigenvalue weighted by molar-refractivity contribution is 6.41. The lowest BCUT2D eigenvalue weighted by molar-refractivity contribution is -0.470. The summed E-state index contributed by atoms with van der Waals surface area (Å²) in [5.41, 5.74) is 0. The molecule has 0 aromatic heterocycles. The molecular formula is C4H12O9Si. The van der Waals surface area contributed by atoms with Crippen LogP contribution in [-0.4, -0.2) is 63.3 Å². The summed E-state index contributed by atoms with van der Waals surface area (Å²) in [6.45, 7) is -4.93. The fourth-order valence-corrected chi connectivity index (χ4v) is 1.34. The van der Waals surface area contributed by atoms with E-state index in [1.54, 1.807) is 0 Å². The van der Waals surface area contributed by atoms with E-state index in [-0.39, 0.29) is 0 Å². The summed E-state index contributed by atoms with van der Waals surface area (Å²) < 4.78 is 7.80. The molecule has 0 aromatic rings. The number of ether oxygens (including phenoxy) is 2. The molecule has 14 heavy (non-hydrogen) atoms. The van der Waals surface area contributed by atoms with E-state index in [9.17, 15) is 0 Å². The molecule has 7 N–H and O–H groups in total. The van der Waals surface area contributed by atoms with E-state index >= 15 is 0 Å². The molecule has 86 valence electrons. The highest BCUT2D eigenvalue weighted by atomic mass is 28.3. The Morgan fingerprint density at radius 2 is 1.36 bits per heavy atom. The Morgan fingerprint density at radius 3 is 1.57 bits per heavy atom. The average Bonchev–Trinajstić information content (AvgIpc) is 1.76. The molecule has 0 aliphatic rings. The van der Waals surface area contributed by atoms with Crippen LogP contribution in [0.3, 0.4) is 0 Å². The molecule has 0 aromatic carbocycles. The number of hydrogen-bond donors (Lipinski definition) is 7. The second kappa shape index (κ2) is 5.67. The molecule has 0 saturated heterocycles. The van der Waals surface area contributed by atoms with Crippen molar-refractivity contribution < 1.29 is 44.6 Å². The predicted octanol–water partition coefficient (Wildman–Crippen LogP) is -4.59. The van der Waals surface area contributed by atoms with Crippen LogP contribution < -0.4 is 0 Å². The molecule has 10 heteroatoms. The zero-order valence-corrected chi connectivity index (χ0v) is 8.04. The Hall–Kier alpha value is -0.143. The van der Waals surface area contributed by atoms with Gasteiger partial charge < -0.3 is 35.1 Å². The van der Waals surface area contributed by atoms with Crippen molar-refractivity contribution in [1.29, 1.82) is 0 Å². The zero-order chi connectivity index (χ0) is 11.4. The van der Waals surface area contributed by atoms with Crippen LogP contribution in [0.25, 0.3) is 0 Å². The van der Waals surface area contributed by atoms with E-state index in [4.69, 9.17) is 35.1 Å². The summed E-state index contributed by atoms with van der Waals surface area (Å²) in [7, 11) is -3.36. The van der Waals surface area contributed by atoms with E-state index in [0.29, 0.717) is 0 Å². The Kier molecular flexibility index (Phi) is 5.61. The minimum atomic E-state index is -3.36. The maximum absolute atomic E-state index is 9.15. The monoisotopic (exact) mass is 232 g/mol. The van der Waals surface area contributed by atoms with Crippen molar-refractivity contribution in [2.24, 2.45) is 0 Å². The molecule has 0 rings (SSSR count). The van der Waals surface area contributed by atoms with Crippen LogP contribution in [0.5, 0.6) is 0 Å². The summed E-state index contributed by atoms with van der Waals surface area (Å²) in [5, 5.41) is 42.3. The van der Waals surface area contributed by atoms with Crippen LogP contribution >= 0.6 is 0 Å². The third-order valence-electron chi connectivity index (χ3n) is 1.02. The summed E-state index contributed by atoms with van der Waals surface area (Å²) in [6.07, 6.45) is 0. The Morgan fingerprint density at radius 1 is 1.00 bits per heavy atom. The SMILES string of the molecule is OC(O)OC(O)(C[SiH](O)O)OC(O)O. The second-order valence-corrected chi connectivity index (χ2v) is 3.66. The van der Waals surface area contributed by atoms with Gasteiger partial charge in [0.05, 0.1) is 6.04 Å². The lowest BCUT2D eigenvalue weighted by atomic mass is 10.6. The van der Waals surface area contributed by atoms with Gasteiger partial charge >= 0.3 is 9.28 Å². The minimum absolute atomic E-state index is 0.901. The number of rotatable bonds is 6. The number of hydrogen-bond acceptors (Lipinski definition) is 9. The number of aliphatic hydroxyl groups is 5. The quantitative estimate of drug-likeness (QED) is 0.176. The average molecular weight is 232 g/mol. The summed E-state index contributed by atoms with van der Waals surface area (Å²) in [5.74, 6) is -2.87. The summed E-state index contributed by atoms with van der Waals surface area (Å²) in [4.78, 5) is 17.1. The van der Waals surface area contributed by atoms with Gasteiger partial charge in [0.2, 0.25) is 0 Å². The molecular weight excluding hydrogens is 220 g/mol. The van der Waals surface area contributed by atoms with E-state index in [0.717, 1.165) is 0 Å². The van der Waals surface area contributed by atoms with Crippen LogP contribution in [0.4, 0.5) is 0 Å². The maximum atomic E-state index is 9.15. The lowest BCUT2D eigenvalue weighted by Gasteiger charge is -2.28. The topological polar surface area (TPSA) is 160 Å². The second-order valence-electron chi connectivity index (χ2n) is 2.29. The Labute approximate surface area is 79.8 Å². The number of aliphatic hydroxyl groups excluding tert-OH is 2. The van der Waals surface area contributed by atoms with Crippen molar-refractivity contribution >= 4 is 9.28 Å². The lowest BCUT2D eigenvalue weighted by Crippen LogP contribution is -2.45. The predicted molar refractivity (Wildman–Crippen MR) is 40.0 cm³/mol. The van der Waals surface area contributed by atoms with E-state index in [1.165, 1.54) is 0 Å². The highest BCUT2D eigenvalue weighted by Crippen LogP contribution is 2.18. The third-order valence-corrected chi connectivity index (χ3v) is 1.90. The normalized spacial score (nSPS) is 13.3. The maximum Gasteiger partial charge on any atom is 0.324 e. The fourth-order valence-electron chi connectivity index (χ4n) is 0.684. The van der Waals surface area contributed by atoms with Crippen LogP contribution in [0.2, 0.25) is 6.04 Å². The molecule has 0 spiro atoms. The third kappa shape index (κ3) is 6.33. The Balaban J connectivity index is 4.32. The van der Waals surface area contributed by atoms with Crippen LogP contribution in [0, 0.1) is 0 Å². The van der Waals surface area contributed by atoms with Gasteiger partial charge in [-0.25, -0.2) is 0 Å². The van der Waals surface area contributed by atoms with Crippen molar-refractivity contribution in [2.45, 2.75) is 25.0 Å². The van der Waals surface area contributed by atoms with Gasteiger partial charge in [-0.05, 0) is 0 Å². The molecule has 0 unspecified atom stereocenters. The smallest absolute Gasteiger partial charge is 0.324 e. The van der Waals surface area contributed by atoms with Gasteiger partial charge in [0.15, 0.2) is 0 Å². The van der Waals surface area contributed by atoms with Crippen molar-refractivity contribution in [3.63, 3.8) is 0 Å². The van der Waals surface area contributed by atoms with Crippen LogP contribution in [0.1, 0.15) is 0 Å². The molecule has 0 aliphatic heterocycles.